The van der Waals surface area contributed by atoms with Crippen LogP contribution in [0.4, 0.5) is 0 Å². The van der Waals surface area contributed by atoms with Gasteiger partial charge in [0.25, 0.3) is 0 Å². The lowest BCUT2D eigenvalue weighted by Crippen LogP contribution is -2.29. The Morgan fingerprint density at radius 2 is 0.944 bits per heavy atom. The van der Waals surface area contributed by atoms with Crippen molar-refractivity contribution in [2.24, 2.45) is 0 Å². The Kier molecular flexibility index (Phi) is 40.8. The molecule has 3 unspecified atom stereocenters. The van der Waals surface area contributed by atoms with Crippen LogP contribution in [0.25, 0.3) is 0 Å². The number of ether oxygens (including phenoxy) is 2. The molecule has 3 N–H and O–H groups in total. The third-order valence-electron chi connectivity index (χ3n) is 9.61. The van der Waals surface area contributed by atoms with Crippen LogP contribution >= 0.6 is 7.82 Å². The van der Waals surface area contributed by atoms with E-state index in [1.54, 1.807) is 0 Å². The van der Waals surface area contributed by atoms with Crippen LogP contribution in [0, 0.1) is 0 Å². The average molecular weight is 789 g/mol. The molecule has 10 heteroatoms. The van der Waals surface area contributed by atoms with E-state index >= 15 is 0 Å². The SMILES string of the molecule is CCCCCC/C=C\CCCCCCCC(=O)OC(COCCCCCCCCCCCC/C=C\CCCCCCCC)COP(=O)(O)OCC(O)CO. The number of hydrogen-bond acceptors (Lipinski definition) is 8. The van der Waals surface area contributed by atoms with Gasteiger partial charge in [-0.3, -0.25) is 13.8 Å². The molecule has 0 amide bonds. The van der Waals surface area contributed by atoms with Crippen molar-refractivity contribution in [1.29, 1.82) is 0 Å². The summed E-state index contributed by atoms with van der Waals surface area (Å²) in [6, 6.07) is 0. The van der Waals surface area contributed by atoms with E-state index in [0.717, 1.165) is 57.8 Å². The van der Waals surface area contributed by atoms with Crippen molar-refractivity contribution in [2.75, 3.05) is 33.0 Å². The Labute approximate surface area is 332 Å². The lowest BCUT2D eigenvalue weighted by molar-refractivity contribution is -0.154. The molecule has 0 aliphatic carbocycles. The summed E-state index contributed by atoms with van der Waals surface area (Å²) in [6.45, 7) is 3.51. The molecule has 0 spiro atoms. The molecule has 9 nitrogen and oxygen atoms in total. The number of unbranched alkanes of at least 4 members (excludes halogenated alkanes) is 25. The number of aliphatic hydroxyl groups excluding tert-OH is 2. The number of carbonyl (C=O) groups is 1. The highest BCUT2D eigenvalue weighted by atomic mass is 31.2. The van der Waals surface area contributed by atoms with Crippen LogP contribution < -0.4 is 0 Å². The van der Waals surface area contributed by atoms with Gasteiger partial charge in [0.15, 0.2) is 0 Å². The van der Waals surface area contributed by atoms with E-state index in [9.17, 15) is 19.4 Å². The maximum atomic E-state index is 12.6. The van der Waals surface area contributed by atoms with E-state index in [-0.39, 0.29) is 19.6 Å². The minimum Gasteiger partial charge on any atom is -0.457 e. The van der Waals surface area contributed by atoms with Gasteiger partial charge >= 0.3 is 13.8 Å². The predicted octanol–water partition coefficient (Wildman–Crippen LogP) is 12.3. The van der Waals surface area contributed by atoms with E-state index < -0.39 is 39.2 Å². The summed E-state index contributed by atoms with van der Waals surface area (Å²) in [5, 5.41) is 18.3. The van der Waals surface area contributed by atoms with E-state index in [4.69, 9.17) is 23.6 Å². The zero-order chi connectivity index (χ0) is 39.6. The van der Waals surface area contributed by atoms with Crippen molar-refractivity contribution >= 4 is 13.8 Å². The molecule has 0 bridgehead atoms. The third kappa shape index (κ3) is 40.6. The molecule has 0 aliphatic rings. The number of esters is 1. The van der Waals surface area contributed by atoms with Gasteiger partial charge in [0.1, 0.15) is 12.2 Å². The van der Waals surface area contributed by atoms with Crippen molar-refractivity contribution in [3.05, 3.63) is 24.3 Å². The summed E-state index contributed by atoms with van der Waals surface area (Å²) in [5.74, 6) is -0.391. The molecule has 0 aromatic carbocycles. The van der Waals surface area contributed by atoms with Gasteiger partial charge in [-0.1, -0.05) is 160 Å². The maximum absolute atomic E-state index is 12.6. The van der Waals surface area contributed by atoms with Crippen LogP contribution in [0.1, 0.15) is 206 Å². The summed E-state index contributed by atoms with van der Waals surface area (Å²) < 4.78 is 33.4. The molecule has 0 saturated heterocycles. The second-order valence-corrected chi connectivity index (χ2v) is 16.5. The van der Waals surface area contributed by atoms with Gasteiger partial charge in [0.05, 0.1) is 26.4 Å². The first-order valence-corrected chi connectivity index (χ1v) is 23.8. The monoisotopic (exact) mass is 789 g/mol. The molecule has 0 fully saturated rings. The van der Waals surface area contributed by atoms with Crippen LogP contribution in [0.15, 0.2) is 24.3 Å². The van der Waals surface area contributed by atoms with Crippen molar-refractivity contribution in [1.82, 2.24) is 0 Å². The lowest BCUT2D eigenvalue weighted by atomic mass is 10.1. The third-order valence-corrected chi connectivity index (χ3v) is 10.6. The van der Waals surface area contributed by atoms with Crippen LogP contribution in [0.3, 0.4) is 0 Å². The predicted molar refractivity (Wildman–Crippen MR) is 224 cm³/mol. The Bertz CT molecular complexity index is 897. The van der Waals surface area contributed by atoms with Gasteiger partial charge in [0.2, 0.25) is 0 Å². The first-order chi connectivity index (χ1) is 26.3. The molecule has 0 aliphatic heterocycles. The lowest BCUT2D eigenvalue weighted by Gasteiger charge is -2.20. The van der Waals surface area contributed by atoms with Crippen LogP contribution in [-0.2, 0) is 27.9 Å². The summed E-state index contributed by atoms with van der Waals surface area (Å²) in [6.07, 6.45) is 42.8. The zero-order valence-corrected chi connectivity index (χ0v) is 35.8. The average Bonchev–Trinajstić information content (AvgIpc) is 3.16. The fraction of sp³-hybridized carbons (Fsp3) is 0.886. The van der Waals surface area contributed by atoms with Gasteiger partial charge in [0, 0.05) is 13.0 Å². The second-order valence-electron chi connectivity index (χ2n) is 15.1. The number of phosphoric acid groups is 1. The van der Waals surface area contributed by atoms with Crippen molar-refractivity contribution in [3.8, 4) is 0 Å². The van der Waals surface area contributed by atoms with Gasteiger partial charge in [-0.05, 0) is 64.2 Å². The quantitative estimate of drug-likeness (QED) is 0.0239. The fourth-order valence-corrected chi connectivity index (χ4v) is 6.96. The van der Waals surface area contributed by atoms with E-state index in [2.05, 4.69) is 38.2 Å². The van der Waals surface area contributed by atoms with Gasteiger partial charge < -0.3 is 24.6 Å². The molecule has 3 atom stereocenters. The Morgan fingerprint density at radius 1 is 0.556 bits per heavy atom. The molecule has 0 saturated carbocycles. The first-order valence-electron chi connectivity index (χ1n) is 22.3. The van der Waals surface area contributed by atoms with Gasteiger partial charge in [-0.25, -0.2) is 4.57 Å². The molecule has 0 rings (SSSR count). The molecular formula is C44H85O9P. The van der Waals surface area contributed by atoms with Crippen LogP contribution in [-0.4, -0.2) is 66.3 Å². The van der Waals surface area contributed by atoms with Crippen LogP contribution in [0.5, 0.6) is 0 Å². The number of hydrogen-bond donors (Lipinski definition) is 3. The molecule has 0 aromatic rings. The van der Waals surface area contributed by atoms with E-state index in [1.165, 1.54) is 128 Å². The van der Waals surface area contributed by atoms with Gasteiger partial charge in [-0.15, -0.1) is 0 Å². The first kappa shape index (κ1) is 52.9. The molecular weight excluding hydrogens is 703 g/mol. The van der Waals surface area contributed by atoms with E-state index in [1.807, 2.05) is 0 Å². The highest BCUT2D eigenvalue weighted by Crippen LogP contribution is 2.43. The number of phosphoric ester groups is 1. The normalized spacial score (nSPS) is 14.2. The number of allylic oxidation sites excluding steroid dienone is 4. The highest BCUT2D eigenvalue weighted by Gasteiger charge is 2.26. The number of rotatable bonds is 43. The summed E-state index contributed by atoms with van der Waals surface area (Å²) in [4.78, 5) is 22.5. The zero-order valence-electron chi connectivity index (χ0n) is 35.0. The summed E-state index contributed by atoms with van der Waals surface area (Å²) >= 11 is 0. The number of aliphatic hydroxyl groups is 2. The minimum atomic E-state index is -4.52. The molecule has 320 valence electrons. The standard InChI is InChI=1S/C44H85O9P/c1-3-5-7-9-11-13-15-17-18-19-20-21-22-23-25-27-29-31-33-35-37-50-40-43(41-52-54(48,49)51-39-42(46)38-45)53-44(47)36-34-32-30-28-26-24-16-14-12-10-8-6-4-2/h14,16-18,42-43,45-46H,3-13,15,19-41H2,1-2H3,(H,48,49)/b16-14-,18-17-. The molecule has 0 radical (unpaired) electrons. The Balaban J connectivity index is 4.11. The number of carbonyl (C=O) groups excluding carboxylic acids is 1. The van der Waals surface area contributed by atoms with E-state index in [0.29, 0.717) is 6.61 Å². The topological polar surface area (TPSA) is 132 Å². The Morgan fingerprint density at radius 3 is 1.41 bits per heavy atom. The van der Waals surface area contributed by atoms with Crippen LogP contribution in [0.2, 0.25) is 0 Å². The molecule has 0 aromatic heterocycles. The summed E-state index contributed by atoms with van der Waals surface area (Å²) in [7, 11) is -4.52. The molecule has 54 heavy (non-hydrogen) atoms. The largest absolute Gasteiger partial charge is 0.472 e. The highest BCUT2D eigenvalue weighted by molar-refractivity contribution is 7.47. The van der Waals surface area contributed by atoms with Gasteiger partial charge in [-0.2, -0.15) is 0 Å². The maximum Gasteiger partial charge on any atom is 0.472 e. The second kappa shape index (κ2) is 41.6. The van der Waals surface area contributed by atoms with Crippen molar-refractivity contribution in [3.63, 3.8) is 0 Å². The van der Waals surface area contributed by atoms with Crippen molar-refractivity contribution < 1.29 is 43.0 Å². The van der Waals surface area contributed by atoms with Crippen molar-refractivity contribution in [2.45, 2.75) is 219 Å². The smallest absolute Gasteiger partial charge is 0.457 e. The minimum absolute atomic E-state index is 0.0477. The summed E-state index contributed by atoms with van der Waals surface area (Å²) in [5.41, 5.74) is 0. The Hall–Kier alpha value is -1.06. The molecule has 0 heterocycles. The fourth-order valence-electron chi connectivity index (χ4n) is 6.17.